The van der Waals surface area contributed by atoms with Crippen LogP contribution < -0.4 is 28.5 Å². The van der Waals surface area contributed by atoms with E-state index in [-0.39, 0.29) is 24.0 Å². The van der Waals surface area contributed by atoms with E-state index in [1.807, 2.05) is 0 Å². The van der Waals surface area contributed by atoms with E-state index >= 15 is 0 Å². The molecule has 0 saturated carbocycles. The highest BCUT2D eigenvalue weighted by molar-refractivity contribution is 5.42. The first-order chi connectivity index (χ1) is 15.0. The van der Waals surface area contributed by atoms with Gasteiger partial charge < -0.3 is 33.5 Å². The van der Waals surface area contributed by atoms with Crippen molar-refractivity contribution in [1.82, 2.24) is 4.48 Å². The summed E-state index contributed by atoms with van der Waals surface area (Å²) in [5, 5.41) is 0. The SMILES string of the molecule is CCCCCCCCCCCCCC1CCC(COCc2ccc([N+](C)(C)C)cc2)O1.[I-]. The van der Waals surface area contributed by atoms with E-state index in [2.05, 4.69) is 52.3 Å². The predicted molar refractivity (Wildman–Crippen MR) is 135 cm³/mol. The van der Waals surface area contributed by atoms with Crippen LogP contribution in [0.1, 0.15) is 102 Å². The number of nitrogens with zero attached hydrogens (tertiary/aromatic N) is 1. The van der Waals surface area contributed by atoms with Crippen molar-refractivity contribution in [2.75, 3.05) is 27.7 Å². The minimum Gasteiger partial charge on any atom is -1.00 e. The molecule has 2 rings (SSSR count). The zero-order chi connectivity index (χ0) is 22.4. The second-order valence-corrected chi connectivity index (χ2v) is 10.5. The quantitative estimate of drug-likeness (QED) is 0.157. The van der Waals surface area contributed by atoms with Crippen molar-refractivity contribution < 1.29 is 33.5 Å². The Kier molecular flexibility index (Phi) is 16.1. The van der Waals surface area contributed by atoms with Crippen molar-refractivity contribution in [3.05, 3.63) is 29.8 Å². The van der Waals surface area contributed by atoms with Crippen LogP contribution in [0.2, 0.25) is 0 Å². The van der Waals surface area contributed by atoms with Gasteiger partial charge in [-0.3, -0.25) is 4.48 Å². The molecule has 2 unspecified atom stereocenters. The third kappa shape index (κ3) is 12.9. The molecule has 1 aliphatic heterocycles. The average molecular weight is 560 g/mol. The van der Waals surface area contributed by atoms with E-state index in [9.17, 15) is 0 Å². The highest BCUT2D eigenvalue weighted by atomic mass is 127. The van der Waals surface area contributed by atoms with Crippen LogP contribution in [0.15, 0.2) is 24.3 Å². The topological polar surface area (TPSA) is 18.5 Å². The molecule has 1 saturated heterocycles. The molecule has 1 heterocycles. The third-order valence-corrected chi connectivity index (χ3v) is 6.61. The van der Waals surface area contributed by atoms with Crippen molar-refractivity contribution in [3.8, 4) is 0 Å². The Morgan fingerprint density at radius 1 is 0.781 bits per heavy atom. The molecule has 1 fully saturated rings. The minimum atomic E-state index is 0. The largest absolute Gasteiger partial charge is 1.00 e. The second kappa shape index (κ2) is 17.3. The van der Waals surface area contributed by atoms with Crippen LogP contribution in [0, 0.1) is 0 Å². The molecule has 0 amide bonds. The van der Waals surface area contributed by atoms with Gasteiger partial charge in [0, 0.05) is 0 Å². The van der Waals surface area contributed by atoms with Crippen LogP contribution in [-0.2, 0) is 16.1 Å². The van der Waals surface area contributed by atoms with Crippen molar-refractivity contribution in [2.45, 2.75) is 116 Å². The second-order valence-electron chi connectivity index (χ2n) is 10.5. The smallest absolute Gasteiger partial charge is 0.132 e. The standard InChI is InChI=1S/C28H50NO2.HI/c1-5-6-7-8-9-10-11-12-13-14-15-16-27-21-22-28(31-27)24-30-23-25-17-19-26(20-18-25)29(2,3)4;/h17-20,27-28H,5-16,21-24H2,1-4H3;1H/q+1;/p-1. The summed E-state index contributed by atoms with van der Waals surface area (Å²) in [6.07, 6.45) is 19.9. The van der Waals surface area contributed by atoms with Crippen LogP contribution in [0.25, 0.3) is 0 Å². The lowest BCUT2D eigenvalue weighted by Gasteiger charge is -2.23. The van der Waals surface area contributed by atoms with E-state index in [0.29, 0.717) is 18.8 Å². The summed E-state index contributed by atoms with van der Waals surface area (Å²) in [6, 6.07) is 8.77. The summed E-state index contributed by atoms with van der Waals surface area (Å²) >= 11 is 0. The predicted octanol–water partition coefficient (Wildman–Crippen LogP) is 4.65. The van der Waals surface area contributed by atoms with Crippen molar-refractivity contribution in [1.29, 1.82) is 0 Å². The zero-order valence-electron chi connectivity index (χ0n) is 21.4. The number of ether oxygens (including phenoxy) is 2. The number of hydrogen-bond acceptors (Lipinski definition) is 2. The lowest BCUT2D eigenvalue weighted by atomic mass is 10.0. The van der Waals surface area contributed by atoms with Crippen LogP contribution in [0.3, 0.4) is 0 Å². The summed E-state index contributed by atoms with van der Waals surface area (Å²) in [4.78, 5) is 0. The van der Waals surface area contributed by atoms with Crippen LogP contribution in [0.4, 0.5) is 5.69 Å². The summed E-state index contributed by atoms with van der Waals surface area (Å²) in [5.41, 5.74) is 2.56. The minimum absolute atomic E-state index is 0. The molecule has 1 aromatic rings. The molecular weight excluding hydrogens is 509 g/mol. The monoisotopic (exact) mass is 559 g/mol. The lowest BCUT2D eigenvalue weighted by molar-refractivity contribution is -0.0223. The molecule has 0 aliphatic carbocycles. The summed E-state index contributed by atoms with van der Waals surface area (Å²) in [7, 11) is 6.57. The van der Waals surface area contributed by atoms with Gasteiger partial charge in [-0.1, -0.05) is 89.7 Å². The van der Waals surface area contributed by atoms with Gasteiger partial charge in [-0.25, -0.2) is 0 Å². The molecule has 4 heteroatoms. The van der Waals surface area contributed by atoms with Gasteiger partial charge in [0.1, 0.15) is 5.69 Å². The number of hydrogen-bond donors (Lipinski definition) is 0. The Morgan fingerprint density at radius 2 is 1.31 bits per heavy atom. The third-order valence-electron chi connectivity index (χ3n) is 6.61. The molecule has 0 bridgehead atoms. The Hall–Kier alpha value is -0.170. The van der Waals surface area contributed by atoms with E-state index in [4.69, 9.17) is 9.47 Å². The fourth-order valence-corrected chi connectivity index (χ4v) is 4.50. The Morgan fingerprint density at radius 3 is 1.88 bits per heavy atom. The summed E-state index contributed by atoms with van der Waals surface area (Å²) in [5.74, 6) is 0. The fourth-order valence-electron chi connectivity index (χ4n) is 4.50. The van der Waals surface area contributed by atoms with Gasteiger partial charge in [-0.15, -0.1) is 0 Å². The van der Waals surface area contributed by atoms with E-state index in [0.717, 1.165) is 17.5 Å². The molecule has 0 aromatic heterocycles. The van der Waals surface area contributed by atoms with Crippen molar-refractivity contribution in [3.63, 3.8) is 0 Å². The van der Waals surface area contributed by atoms with Gasteiger partial charge in [0.2, 0.25) is 0 Å². The average Bonchev–Trinajstić information content (AvgIpc) is 3.19. The molecule has 186 valence electrons. The first-order valence-electron chi connectivity index (χ1n) is 13.1. The highest BCUT2D eigenvalue weighted by Crippen LogP contribution is 2.25. The first-order valence-corrected chi connectivity index (χ1v) is 13.1. The van der Waals surface area contributed by atoms with Gasteiger partial charge in [0.05, 0.1) is 46.6 Å². The Bertz CT molecular complexity index is 570. The normalized spacial score (nSPS) is 18.6. The number of benzene rings is 1. The molecule has 1 aromatic carbocycles. The van der Waals surface area contributed by atoms with E-state index in [1.54, 1.807) is 0 Å². The molecule has 3 nitrogen and oxygen atoms in total. The lowest BCUT2D eigenvalue weighted by Crippen LogP contribution is -3.00. The molecule has 0 spiro atoms. The van der Waals surface area contributed by atoms with Gasteiger partial charge in [-0.05, 0) is 37.0 Å². The molecule has 0 radical (unpaired) electrons. The highest BCUT2D eigenvalue weighted by Gasteiger charge is 2.24. The number of quaternary nitrogens is 1. The molecular formula is C28H50INO2. The van der Waals surface area contributed by atoms with Crippen LogP contribution >= 0.6 is 0 Å². The Balaban J connectivity index is 0.00000512. The maximum absolute atomic E-state index is 6.23. The fraction of sp³-hybridized carbons (Fsp3) is 0.786. The number of halogens is 1. The molecule has 32 heavy (non-hydrogen) atoms. The van der Waals surface area contributed by atoms with Gasteiger partial charge in [-0.2, -0.15) is 0 Å². The molecule has 2 atom stereocenters. The van der Waals surface area contributed by atoms with Crippen molar-refractivity contribution in [2.24, 2.45) is 0 Å². The Labute approximate surface area is 216 Å². The molecule has 0 N–H and O–H groups in total. The van der Waals surface area contributed by atoms with Crippen LogP contribution in [-0.4, -0.2) is 40.0 Å². The van der Waals surface area contributed by atoms with Gasteiger partial charge in [0.15, 0.2) is 0 Å². The van der Waals surface area contributed by atoms with Crippen molar-refractivity contribution >= 4 is 5.69 Å². The van der Waals surface area contributed by atoms with E-state index in [1.165, 1.54) is 94.7 Å². The first kappa shape index (κ1) is 29.9. The maximum Gasteiger partial charge on any atom is 0.132 e. The maximum atomic E-state index is 6.23. The summed E-state index contributed by atoms with van der Waals surface area (Å²) < 4.78 is 13.0. The number of unbranched alkanes of at least 4 members (excludes halogenated alkanes) is 10. The number of rotatable bonds is 17. The van der Waals surface area contributed by atoms with E-state index < -0.39 is 0 Å². The van der Waals surface area contributed by atoms with Gasteiger partial charge in [0.25, 0.3) is 0 Å². The zero-order valence-corrected chi connectivity index (χ0v) is 23.6. The molecule has 1 aliphatic rings. The van der Waals surface area contributed by atoms with Gasteiger partial charge >= 0.3 is 0 Å². The summed E-state index contributed by atoms with van der Waals surface area (Å²) in [6.45, 7) is 3.70. The van der Waals surface area contributed by atoms with Crippen LogP contribution in [0.5, 0.6) is 0 Å².